The van der Waals surface area contributed by atoms with Gasteiger partial charge in [0.25, 0.3) is 0 Å². The van der Waals surface area contributed by atoms with E-state index in [-0.39, 0.29) is 18.2 Å². The van der Waals surface area contributed by atoms with Crippen molar-refractivity contribution < 1.29 is 8.42 Å². The molecule has 0 radical (unpaired) electrons. The summed E-state index contributed by atoms with van der Waals surface area (Å²) >= 11 is 0. The van der Waals surface area contributed by atoms with Crippen molar-refractivity contribution in [1.29, 1.82) is 5.26 Å². The first-order chi connectivity index (χ1) is 18.7. The van der Waals surface area contributed by atoms with Gasteiger partial charge in [0, 0.05) is 23.2 Å². The molecule has 39 heavy (non-hydrogen) atoms. The van der Waals surface area contributed by atoms with Gasteiger partial charge < -0.3 is 0 Å². The lowest BCUT2D eigenvalue weighted by atomic mass is 10.0. The van der Waals surface area contributed by atoms with Crippen LogP contribution in [0.15, 0.2) is 79.1 Å². The molecule has 196 valence electrons. The van der Waals surface area contributed by atoms with Crippen LogP contribution in [0.4, 0.5) is 5.69 Å². The number of para-hydroxylation sites is 1. The summed E-state index contributed by atoms with van der Waals surface area (Å²) in [5.41, 5.74) is 5.59. The second-order valence-corrected chi connectivity index (χ2v) is 11.6. The first-order valence-electron chi connectivity index (χ1n) is 12.5. The molecule has 0 spiro atoms. The number of aryl methyl sites for hydroxylation is 1. The first kappa shape index (κ1) is 26.1. The third kappa shape index (κ3) is 4.99. The van der Waals surface area contributed by atoms with Crippen LogP contribution in [0.2, 0.25) is 0 Å². The van der Waals surface area contributed by atoms with Crippen LogP contribution >= 0.6 is 0 Å². The number of pyridine rings is 2. The maximum Gasteiger partial charge on any atom is 0.232 e. The molecule has 5 aromatic rings. The maximum atomic E-state index is 13.3. The van der Waals surface area contributed by atoms with Crippen LogP contribution in [0.1, 0.15) is 36.6 Å². The molecule has 0 saturated heterocycles. The fraction of sp³-hybridized carbons (Fsp3) is 0.200. The normalized spacial score (nSPS) is 11.6. The molecule has 3 heterocycles. The number of sulfonamides is 1. The van der Waals surface area contributed by atoms with Crippen molar-refractivity contribution in [2.75, 3.05) is 10.6 Å². The largest absolute Gasteiger partial charge is 0.264 e. The van der Waals surface area contributed by atoms with Gasteiger partial charge in [-0.1, -0.05) is 48.5 Å². The van der Waals surface area contributed by atoms with Crippen LogP contribution in [-0.4, -0.2) is 34.4 Å². The van der Waals surface area contributed by atoms with Gasteiger partial charge in [0.15, 0.2) is 0 Å². The fourth-order valence-corrected chi connectivity index (χ4v) is 5.61. The lowest BCUT2D eigenvalue weighted by Crippen LogP contribution is -2.30. The van der Waals surface area contributed by atoms with Gasteiger partial charge >= 0.3 is 0 Å². The molecule has 8 nitrogen and oxygen atoms in total. The third-order valence-electron chi connectivity index (χ3n) is 6.56. The Morgan fingerprint density at radius 1 is 1.03 bits per heavy atom. The van der Waals surface area contributed by atoms with Crippen LogP contribution in [-0.2, 0) is 16.6 Å². The topological polar surface area (TPSA) is 105 Å². The van der Waals surface area contributed by atoms with Crippen LogP contribution in [0.5, 0.6) is 0 Å². The molecular weight excluding hydrogens is 508 g/mol. The molecule has 0 N–H and O–H groups in total. The number of hydrogen-bond donors (Lipinski definition) is 0. The molecule has 2 aromatic carbocycles. The molecule has 0 aliphatic carbocycles. The van der Waals surface area contributed by atoms with Gasteiger partial charge in [-0.2, -0.15) is 10.4 Å². The summed E-state index contributed by atoms with van der Waals surface area (Å²) < 4.78 is 29.8. The Morgan fingerprint density at radius 2 is 1.74 bits per heavy atom. The quantitative estimate of drug-likeness (QED) is 0.257. The second kappa shape index (κ2) is 10.3. The maximum absolute atomic E-state index is 13.3. The highest BCUT2D eigenvalue weighted by Crippen LogP contribution is 2.39. The molecule has 0 aliphatic heterocycles. The molecule has 0 fully saturated rings. The van der Waals surface area contributed by atoms with Crippen molar-refractivity contribution in [2.45, 2.75) is 33.4 Å². The minimum absolute atomic E-state index is 0.0144. The lowest BCUT2D eigenvalue weighted by Gasteiger charge is -2.26. The van der Waals surface area contributed by atoms with E-state index < -0.39 is 10.0 Å². The van der Waals surface area contributed by atoms with Gasteiger partial charge in [-0.05, 0) is 50.1 Å². The van der Waals surface area contributed by atoms with Crippen LogP contribution in [0.25, 0.3) is 33.5 Å². The molecule has 0 unspecified atom stereocenters. The Morgan fingerprint density at radius 3 is 2.38 bits per heavy atom. The molecule has 9 heteroatoms. The van der Waals surface area contributed by atoms with Crippen molar-refractivity contribution in [2.24, 2.45) is 0 Å². The van der Waals surface area contributed by atoms with E-state index in [4.69, 9.17) is 4.98 Å². The first-order valence-corrected chi connectivity index (χ1v) is 14.4. The minimum atomic E-state index is -3.80. The predicted molar refractivity (Wildman–Crippen MR) is 154 cm³/mol. The number of hydrogen-bond acceptors (Lipinski definition) is 6. The van der Waals surface area contributed by atoms with Crippen molar-refractivity contribution in [3.05, 3.63) is 95.8 Å². The number of benzene rings is 2. The molecule has 0 amide bonds. The SMILES string of the molecule is Cc1cnn(C(C)C)c1-c1nc2ccccc2c(N(Cc2ccc(-c3ccccn3)cc2)S(C)(=O)=O)c1C#N. The molecule has 0 atom stereocenters. The van der Waals surface area contributed by atoms with Gasteiger partial charge in [-0.3, -0.25) is 14.0 Å². The lowest BCUT2D eigenvalue weighted by molar-refractivity contribution is 0.537. The monoisotopic (exact) mass is 536 g/mol. The van der Waals surface area contributed by atoms with Gasteiger partial charge in [-0.25, -0.2) is 13.4 Å². The number of nitriles is 1. The van der Waals surface area contributed by atoms with Crippen molar-refractivity contribution in [3.8, 4) is 28.7 Å². The van der Waals surface area contributed by atoms with E-state index in [0.717, 1.165) is 28.6 Å². The molecule has 0 aliphatic rings. The van der Waals surface area contributed by atoms with Crippen LogP contribution in [0.3, 0.4) is 0 Å². The standard InChI is InChI=1S/C30H28N6O2S/c1-20(2)36-29(21(3)18-33-36)28-25(17-31)30(24-9-5-6-11-27(24)34-28)35(39(4,37)38)19-22-12-14-23(15-13-22)26-10-7-8-16-32-26/h5-16,18,20H,19H2,1-4H3. The van der Waals surface area contributed by atoms with E-state index in [2.05, 4.69) is 16.2 Å². The Labute approximate surface area is 228 Å². The summed E-state index contributed by atoms with van der Waals surface area (Å²) in [5, 5.41) is 15.6. The van der Waals surface area contributed by atoms with E-state index in [9.17, 15) is 13.7 Å². The zero-order valence-corrected chi connectivity index (χ0v) is 23.0. The van der Waals surface area contributed by atoms with Crippen molar-refractivity contribution >= 4 is 26.6 Å². The van der Waals surface area contributed by atoms with Gasteiger partial charge in [0.1, 0.15) is 17.3 Å². The Balaban J connectivity index is 1.71. The number of aromatic nitrogens is 4. The van der Waals surface area contributed by atoms with E-state index >= 15 is 0 Å². The van der Waals surface area contributed by atoms with E-state index in [1.54, 1.807) is 18.5 Å². The fourth-order valence-electron chi connectivity index (χ4n) is 4.71. The van der Waals surface area contributed by atoms with E-state index in [0.29, 0.717) is 28.0 Å². The van der Waals surface area contributed by atoms with Crippen LogP contribution in [0, 0.1) is 18.3 Å². The summed E-state index contributed by atoms with van der Waals surface area (Å²) in [5.74, 6) is 0. The van der Waals surface area contributed by atoms with Crippen molar-refractivity contribution in [3.63, 3.8) is 0 Å². The molecule has 0 bridgehead atoms. The number of fused-ring (bicyclic) bond motifs is 1. The molecule has 3 aromatic heterocycles. The summed E-state index contributed by atoms with van der Waals surface area (Å²) in [7, 11) is -3.80. The average molecular weight is 537 g/mol. The van der Waals surface area contributed by atoms with Crippen LogP contribution < -0.4 is 4.31 Å². The molecule has 0 saturated carbocycles. The number of anilines is 1. The third-order valence-corrected chi connectivity index (χ3v) is 7.67. The highest BCUT2D eigenvalue weighted by Gasteiger charge is 2.29. The highest BCUT2D eigenvalue weighted by molar-refractivity contribution is 7.92. The number of nitrogens with zero attached hydrogens (tertiary/aromatic N) is 6. The highest BCUT2D eigenvalue weighted by atomic mass is 32.2. The van der Waals surface area contributed by atoms with E-state index in [1.807, 2.05) is 86.1 Å². The van der Waals surface area contributed by atoms with Gasteiger partial charge in [0.2, 0.25) is 10.0 Å². The molecular formula is C30H28N6O2S. The Kier molecular flexibility index (Phi) is 6.89. The minimum Gasteiger partial charge on any atom is -0.264 e. The average Bonchev–Trinajstić information content (AvgIpc) is 3.32. The zero-order valence-electron chi connectivity index (χ0n) is 22.2. The zero-order chi connectivity index (χ0) is 27.7. The molecule has 5 rings (SSSR count). The van der Waals surface area contributed by atoms with Gasteiger partial charge in [-0.15, -0.1) is 0 Å². The second-order valence-electron chi connectivity index (χ2n) is 9.71. The summed E-state index contributed by atoms with van der Waals surface area (Å²) in [6, 6.07) is 22.9. The number of rotatable bonds is 7. The summed E-state index contributed by atoms with van der Waals surface area (Å²) in [4.78, 5) is 9.25. The predicted octanol–water partition coefficient (Wildman–Crippen LogP) is 5.89. The Bertz CT molecular complexity index is 1800. The van der Waals surface area contributed by atoms with E-state index in [1.165, 1.54) is 4.31 Å². The summed E-state index contributed by atoms with van der Waals surface area (Å²) in [6.45, 7) is 5.96. The Hall–Kier alpha value is -4.55. The van der Waals surface area contributed by atoms with Gasteiger partial charge in [0.05, 0.1) is 41.6 Å². The summed E-state index contributed by atoms with van der Waals surface area (Å²) in [6.07, 6.45) is 4.64. The smallest absolute Gasteiger partial charge is 0.232 e. The van der Waals surface area contributed by atoms with Crippen molar-refractivity contribution in [1.82, 2.24) is 19.7 Å².